The SMILES string of the molecule is Cc1cc(OC2CCCNC2)ccc1C#N. The first-order chi connectivity index (χ1) is 7.79. The lowest BCUT2D eigenvalue weighted by molar-refractivity contribution is 0.167. The molecule has 1 fully saturated rings. The predicted molar refractivity (Wildman–Crippen MR) is 62.4 cm³/mol. The zero-order valence-electron chi connectivity index (χ0n) is 9.49. The monoisotopic (exact) mass is 216 g/mol. The van der Waals surface area contributed by atoms with Gasteiger partial charge in [-0.2, -0.15) is 5.26 Å². The molecule has 1 aliphatic rings. The van der Waals surface area contributed by atoms with Crippen LogP contribution in [-0.2, 0) is 0 Å². The minimum absolute atomic E-state index is 0.265. The largest absolute Gasteiger partial charge is 0.489 e. The summed E-state index contributed by atoms with van der Waals surface area (Å²) in [7, 11) is 0. The molecule has 0 radical (unpaired) electrons. The van der Waals surface area contributed by atoms with Crippen molar-refractivity contribution in [1.82, 2.24) is 5.32 Å². The standard InChI is InChI=1S/C13H16N2O/c1-10-7-12(5-4-11(10)8-14)16-13-3-2-6-15-9-13/h4-5,7,13,15H,2-3,6,9H2,1H3. The molecule has 1 heterocycles. The third kappa shape index (κ3) is 2.53. The molecule has 1 atom stereocenters. The van der Waals surface area contributed by atoms with Crippen molar-refractivity contribution in [3.8, 4) is 11.8 Å². The van der Waals surface area contributed by atoms with Crippen LogP contribution in [0.1, 0.15) is 24.0 Å². The van der Waals surface area contributed by atoms with Crippen molar-refractivity contribution in [1.29, 1.82) is 5.26 Å². The summed E-state index contributed by atoms with van der Waals surface area (Å²) in [6.45, 7) is 3.94. The summed E-state index contributed by atoms with van der Waals surface area (Å²) in [6, 6.07) is 7.79. The highest BCUT2D eigenvalue weighted by atomic mass is 16.5. The number of piperidine rings is 1. The average molecular weight is 216 g/mol. The molecule has 0 saturated carbocycles. The normalized spacial score (nSPS) is 20.1. The van der Waals surface area contributed by atoms with Crippen LogP contribution in [0.15, 0.2) is 18.2 Å². The van der Waals surface area contributed by atoms with Crippen molar-refractivity contribution in [2.75, 3.05) is 13.1 Å². The quantitative estimate of drug-likeness (QED) is 0.822. The van der Waals surface area contributed by atoms with Gasteiger partial charge in [-0.05, 0) is 50.1 Å². The molecule has 1 aromatic rings. The van der Waals surface area contributed by atoms with E-state index in [0.29, 0.717) is 5.56 Å². The molecule has 2 rings (SSSR count). The fourth-order valence-corrected chi connectivity index (χ4v) is 1.95. The van der Waals surface area contributed by atoms with E-state index in [1.54, 1.807) is 0 Å². The number of rotatable bonds is 2. The summed E-state index contributed by atoms with van der Waals surface area (Å²) >= 11 is 0. The van der Waals surface area contributed by atoms with E-state index < -0.39 is 0 Å². The van der Waals surface area contributed by atoms with Gasteiger partial charge in [0.15, 0.2) is 0 Å². The zero-order chi connectivity index (χ0) is 11.4. The van der Waals surface area contributed by atoms with Gasteiger partial charge in [0.25, 0.3) is 0 Å². The molecule has 1 saturated heterocycles. The molecule has 1 N–H and O–H groups in total. The number of aryl methyl sites for hydroxylation is 1. The lowest BCUT2D eigenvalue weighted by atomic mass is 10.1. The van der Waals surface area contributed by atoms with Gasteiger partial charge in [0.2, 0.25) is 0 Å². The van der Waals surface area contributed by atoms with Gasteiger partial charge in [0, 0.05) is 6.54 Å². The molecule has 1 unspecified atom stereocenters. The van der Waals surface area contributed by atoms with E-state index in [1.807, 2.05) is 25.1 Å². The van der Waals surface area contributed by atoms with E-state index >= 15 is 0 Å². The number of benzene rings is 1. The topological polar surface area (TPSA) is 45.0 Å². The van der Waals surface area contributed by atoms with Gasteiger partial charge < -0.3 is 10.1 Å². The van der Waals surface area contributed by atoms with Crippen molar-refractivity contribution in [3.63, 3.8) is 0 Å². The highest BCUT2D eigenvalue weighted by Gasteiger charge is 2.14. The van der Waals surface area contributed by atoms with Crippen molar-refractivity contribution in [2.24, 2.45) is 0 Å². The fraction of sp³-hybridized carbons (Fsp3) is 0.462. The molecular formula is C13H16N2O. The first-order valence-electron chi connectivity index (χ1n) is 5.68. The molecule has 0 bridgehead atoms. The Balaban J connectivity index is 2.04. The number of nitrogens with one attached hydrogen (secondary N) is 1. The Hall–Kier alpha value is -1.53. The van der Waals surface area contributed by atoms with Crippen LogP contribution in [0.3, 0.4) is 0 Å². The molecule has 0 aromatic heterocycles. The Kier molecular flexibility index (Phi) is 3.43. The van der Waals surface area contributed by atoms with Crippen molar-refractivity contribution < 1.29 is 4.74 Å². The number of nitrogens with zero attached hydrogens (tertiary/aromatic N) is 1. The fourth-order valence-electron chi connectivity index (χ4n) is 1.95. The number of ether oxygens (including phenoxy) is 1. The van der Waals surface area contributed by atoms with Gasteiger partial charge in [0.1, 0.15) is 11.9 Å². The van der Waals surface area contributed by atoms with Gasteiger partial charge in [-0.25, -0.2) is 0 Å². The first kappa shape index (κ1) is 11.0. The summed E-state index contributed by atoms with van der Waals surface area (Å²) in [5, 5.41) is 12.1. The summed E-state index contributed by atoms with van der Waals surface area (Å²) in [6.07, 6.45) is 2.53. The Morgan fingerprint density at radius 1 is 1.50 bits per heavy atom. The lowest BCUT2D eigenvalue weighted by Crippen LogP contribution is -2.37. The van der Waals surface area contributed by atoms with Crippen LogP contribution in [0.2, 0.25) is 0 Å². The zero-order valence-corrected chi connectivity index (χ0v) is 9.49. The second kappa shape index (κ2) is 5.00. The van der Waals surface area contributed by atoms with Crippen LogP contribution >= 0.6 is 0 Å². The highest BCUT2D eigenvalue weighted by Crippen LogP contribution is 2.19. The summed E-state index contributed by atoms with van der Waals surface area (Å²) in [4.78, 5) is 0. The lowest BCUT2D eigenvalue weighted by Gasteiger charge is -2.24. The van der Waals surface area contributed by atoms with Crippen LogP contribution in [0.25, 0.3) is 0 Å². The van der Waals surface area contributed by atoms with Crippen molar-refractivity contribution in [3.05, 3.63) is 29.3 Å². The van der Waals surface area contributed by atoms with E-state index in [9.17, 15) is 0 Å². The van der Waals surface area contributed by atoms with E-state index in [0.717, 1.165) is 30.8 Å². The van der Waals surface area contributed by atoms with Gasteiger partial charge in [-0.15, -0.1) is 0 Å². The predicted octanol–water partition coefficient (Wildman–Crippen LogP) is 2.00. The Labute approximate surface area is 96.0 Å². The molecule has 16 heavy (non-hydrogen) atoms. The van der Waals surface area contributed by atoms with Crippen molar-refractivity contribution in [2.45, 2.75) is 25.9 Å². The molecule has 0 amide bonds. The summed E-state index contributed by atoms with van der Waals surface area (Å²) in [5.41, 5.74) is 1.69. The Morgan fingerprint density at radius 2 is 2.38 bits per heavy atom. The van der Waals surface area contributed by atoms with Crippen LogP contribution in [0.4, 0.5) is 0 Å². The Morgan fingerprint density at radius 3 is 3.00 bits per heavy atom. The third-order valence-corrected chi connectivity index (χ3v) is 2.87. The van der Waals surface area contributed by atoms with Gasteiger partial charge >= 0.3 is 0 Å². The average Bonchev–Trinajstić information content (AvgIpc) is 2.31. The van der Waals surface area contributed by atoms with E-state index in [1.165, 1.54) is 6.42 Å². The smallest absolute Gasteiger partial charge is 0.120 e. The Bertz CT molecular complexity index is 403. The molecule has 3 nitrogen and oxygen atoms in total. The number of hydrogen-bond acceptors (Lipinski definition) is 3. The van der Waals surface area contributed by atoms with E-state index in [4.69, 9.17) is 10.00 Å². The highest BCUT2D eigenvalue weighted by molar-refractivity contribution is 5.41. The number of nitriles is 1. The molecule has 1 aromatic carbocycles. The molecule has 0 aliphatic carbocycles. The third-order valence-electron chi connectivity index (χ3n) is 2.87. The molecule has 3 heteroatoms. The number of hydrogen-bond donors (Lipinski definition) is 1. The second-order valence-corrected chi connectivity index (χ2v) is 4.17. The molecule has 84 valence electrons. The van der Waals surface area contributed by atoms with Crippen LogP contribution in [0, 0.1) is 18.3 Å². The molecular weight excluding hydrogens is 200 g/mol. The maximum atomic E-state index is 8.83. The molecule has 0 spiro atoms. The molecule has 1 aliphatic heterocycles. The minimum Gasteiger partial charge on any atom is -0.489 e. The second-order valence-electron chi connectivity index (χ2n) is 4.17. The first-order valence-corrected chi connectivity index (χ1v) is 5.68. The van der Waals surface area contributed by atoms with Crippen LogP contribution in [-0.4, -0.2) is 19.2 Å². The van der Waals surface area contributed by atoms with Crippen molar-refractivity contribution >= 4 is 0 Å². The van der Waals surface area contributed by atoms with Gasteiger partial charge in [-0.1, -0.05) is 0 Å². The van der Waals surface area contributed by atoms with E-state index in [2.05, 4.69) is 11.4 Å². The van der Waals surface area contributed by atoms with Crippen LogP contribution in [0.5, 0.6) is 5.75 Å². The minimum atomic E-state index is 0.265. The summed E-state index contributed by atoms with van der Waals surface area (Å²) < 4.78 is 5.86. The van der Waals surface area contributed by atoms with Gasteiger partial charge in [-0.3, -0.25) is 0 Å². The van der Waals surface area contributed by atoms with E-state index in [-0.39, 0.29) is 6.10 Å². The maximum absolute atomic E-state index is 8.83. The maximum Gasteiger partial charge on any atom is 0.120 e. The van der Waals surface area contributed by atoms with Gasteiger partial charge in [0.05, 0.1) is 11.6 Å². The summed E-state index contributed by atoms with van der Waals surface area (Å²) in [5.74, 6) is 0.866. The van der Waals surface area contributed by atoms with Crippen LogP contribution < -0.4 is 10.1 Å².